The lowest BCUT2D eigenvalue weighted by Crippen LogP contribution is -2.15. The maximum absolute atomic E-state index is 12.4. The summed E-state index contributed by atoms with van der Waals surface area (Å²) >= 11 is 7.43. The van der Waals surface area contributed by atoms with E-state index < -0.39 is 0 Å². The molecule has 0 atom stereocenters. The van der Waals surface area contributed by atoms with Crippen LogP contribution in [0, 0.1) is 6.92 Å². The van der Waals surface area contributed by atoms with Crippen LogP contribution in [-0.2, 0) is 4.79 Å². The molecule has 2 aromatic heterocycles. The third kappa shape index (κ3) is 3.33. The first-order valence-corrected chi connectivity index (χ1v) is 9.51. The van der Waals surface area contributed by atoms with Crippen LogP contribution in [0.3, 0.4) is 0 Å². The molecule has 2 N–H and O–H groups in total. The molecule has 0 saturated carbocycles. The van der Waals surface area contributed by atoms with E-state index in [4.69, 9.17) is 16.3 Å². The van der Waals surface area contributed by atoms with Crippen LogP contribution in [0.15, 0.2) is 41.6 Å². The van der Waals surface area contributed by atoms with E-state index in [2.05, 4.69) is 20.5 Å². The summed E-state index contributed by atoms with van der Waals surface area (Å²) in [4.78, 5) is 16.9. The second kappa shape index (κ2) is 7.13. The maximum Gasteiger partial charge on any atom is 0.234 e. The predicted octanol–water partition coefficient (Wildman–Crippen LogP) is 3.91. The summed E-state index contributed by atoms with van der Waals surface area (Å²) in [5.74, 6) is 1.19. The molecule has 0 unspecified atom stereocenters. The topological polar surface area (TPSA) is 84.3 Å². The highest BCUT2D eigenvalue weighted by molar-refractivity contribution is 7.99. The molecule has 2 aromatic carbocycles. The largest absolute Gasteiger partial charge is 0.495 e. The number of hydrogen-bond donors (Lipinski definition) is 2. The summed E-state index contributed by atoms with van der Waals surface area (Å²) in [6.45, 7) is 1.87. The van der Waals surface area contributed by atoms with Crippen molar-refractivity contribution in [2.45, 2.75) is 12.1 Å². The lowest BCUT2D eigenvalue weighted by Gasteiger charge is -2.12. The number of amides is 1. The number of para-hydroxylation sites is 2. The Morgan fingerprint density at radius 1 is 1.37 bits per heavy atom. The Balaban J connectivity index is 1.52. The fraction of sp³-hybridized carbons (Fsp3) is 0.167. The quantitative estimate of drug-likeness (QED) is 0.495. The fourth-order valence-corrected chi connectivity index (χ4v) is 3.70. The van der Waals surface area contributed by atoms with Gasteiger partial charge in [0.1, 0.15) is 5.75 Å². The molecule has 7 nitrogen and oxygen atoms in total. The van der Waals surface area contributed by atoms with E-state index in [1.54, 1.807) is 12.1 Å². The second-order valence-corrected chi connectivity index (χ2v) is 7.25. The van der Waals surface area contributed by atoms with Crippen molar-refractivity contribution in [3.8, 4) is 5.75 Å². The molecule has 2 heterocycles. The van der Waals surface area contributed by atoms with Crippen molar-refractivity contribution in [2.75, 3.05) is 18.2 Å². The van der Waals surface area contributed by atoms with Crippen LogP contribution in [-0.4, -0.2) is 38.4 Å². The van der Waals surface area contributed by atoms with E-state index in [9.17, 15) is 4.79 Å². The van der Waals surface area contributed by atoms with Crippen molar-refractivity contribution < 1.29 is 9.53 Å². The minimum absolute atomic E-state index is 0.166. The van der Waals surface area contributed by atoms with E-state index in [1.165, 1.54) is 18.9 Å². The molecule has 0 bridgehead atoms. The Morgan fingerprint density at radius 2 is 2.19 bits per heavy atom. The number of fused-ring (bicyclic) bond motifs is 3. The van der Waals surface area contributed by atoms with Gasteiger partial charge in [0.25, 0.3) is 0 Å². The maximum atomic E-state index is 12.4. The molecular formula is C18H16ClN5O2S. The molecule has 27 heavy (non-hydrogen) atoms. The Labute approximate surface area is 164 Å². The molecule has 0 aliphatic carbocycles. The van der Waals surface area contributed by atoms with Crippen LogP contribution in [0.1, 0.15) is 5.56 Å². The van der Waals surface area contributed by atoms with Gasteiger partial charge in [-0.1, -0.05) is 35.5 Å². The summed E-state index contributed by atoms with van der Waals surface area (Å²) in [6.07, 6.45) is 0. The lowest BCUT2D eigenvalue weighted by molar-refractivity contribution is -0.113. The number of hydrogen-bond acceptors (Lipinski definition) is 5. The number of ether oxygens (including phenoxy) is 1. The summed E-state index contributed by atoms with van der Waals surface area (Å²) in [5, 5.41) is 11.3. The summed E-state index contributed by atoms with van der Waals surface area (Å²) in [5.41, 5.74) is 3.27. The van der Waals surface area contributed by atoms with Crippen LogP contribution < -0.4 is 10.1 Å². The van der Waals surface area contributed by atoms with Gasteiger partial charge in [-0.05, 0) is 30.7 Å². The van der Waals surface area contributed by atoms with Crippen LogP contribution >= 0.6 is 23.4 Å². The number of carbonyl (C=O) groups excluding carboxylic acids is 1. The average Bonchev–Trinajstić information content (AvgIpc) is 3.22. The van der Waals surface area contributed by atoms with E-state index in [1.807, 2.05) is 35.6 Å². The van der Waals surface area contributed by atoms with Crippen LogP contribution in [0.5, 0.6) is 5.75 Å². The Hall–Kier alpha value is -2.71. The van der Waals surface area contributed by atoms with Gasteiger partial charge >= 0.3 is 0 Å². The van der Waals surface area contributed by atoms with E-state index in [-0.39, 0.29) is 11.7 Å². The number of H-pyrrole nitrogens is 1. The number of rotatable bonds is 5. The lowest BCUT2D eigenvalue weighted by atomic mass is 10.2. The number of aromatic amines is 1. The standard InChI is InChI=1S/C18H16ClN5O2S/c1-10-7-13(15(26-2)8-11(10)19)20-16(25)9-27-18-23-22-17-21-12-5-3-4-6-14(12)24(17)18/h3-8H,9H2,1-2H3,(H,20,25)(H,21,22). The molecule has 0 saturated heterocycles. The van der Waals surface area contributed by atoms with Gasteiger partial charge < -0.3 is 10.1 Å². The Kier molecular flexibility index (Phi) is 4.67. The van der Waals surface area contributed by atoms with E-state index in [0.717, 1.165) is 16.6 Å². The highest BCUT2D eigenvalue weighted by atomic mass is 35.5. The van der Waals surface area contributed by atoms with Gasteiger partial charge in [-0.25, -0.2) is 10.1 Å². The third-order valence-corrected chi connectivity index (χ3v) is 5.44. The van der Waals surface area contributed by atoms with Crippen molar-refractivity contribution in [3.05, 3.63) is 47.0 Å². The van der Waals surface area contributed by atoms with Gasteiger partial charge in [-0.15, -0.1) is 5.10 Å². The zero-order chi connectivity index (χ0) is 19.0. The molecule has 0 radical (unpaired) electrons. The molecular weight excluding hydrogens is 386 g/mol. The Bertz CT molecular complexity index is 1150. The fourth-order valence-electron chi connectivity index (χ4n) is 2.79. The number of methoxy groups -OCH3 is 1. The highest BCUT2D eigenvalue weighted by Crippen LogP contribution is 2.31. The van der Waals surface area contributed by atoms with Gasteiger partial charge in [0.15, 0.2) is 5.16 Å². The van der Waals surface area contributed by atoms with Gasteiger partial charge in [0, 0.05) is 11.1 Å². The number of anilines is 1. The van der Waals surface area contributed by atoms with Gasteiger partial charge in [0.2, 0.25) is 11.7 Å². The van der Waals surface area contributed by atoms with Crippen molar-refractivity contribution in [2.24, 2.45) is 0 Å². The van der Waals surface area contributed by atoms with Crippen molar-refractivity contribution in [3.63, 3.8) is 0 Å². The molecule has 4 rings (SSSR count). The molecule has 9 heteroatoms. The van der Waals surface area contributed by atoms with Crippen molar-refractivity contribution >= 4 is 51.8 Å². The SMILES string of the molecule is COc1cc(Cl)c(C)cc1NC(=O)CSc1n[nH]c2nc3ccccc3n12. The monoisotopic (exact) mass is 401 g/mol. The molecule has 1 amide bonds. The first-order chi connectivity index (χ1) is 13.1. The number of thioether (sulfide) groups is 1. The van der Waals surface area contributed by atoms with Crippen LogP contribution in [0.2, 0.25) is 5.02 Å². The molecule has 4 aromatic rings. The third-order valence-electron chi connectivity index (χ3n) is 4.09. The molecule has 0 aliphatic rings. The summed E-state index contributed by atoms with van der Waals surface area (Å²) < 4.78 is 7.20. The molecule has 0 fully saturated rings. The van der Waals surface area contributed by atoms with Gasteiger partial charge in [0.05, 0.1) is 29.6 Å². The number of nitrogens with zero attached hydrogens (tertiary/aromatic N) is 3. The number of aromatic nitrogens is 4. The zero-order valence-electron chi connectivity index (χ0n) is 14.6. The predicted molar refractivity (Wildman–Crippen MR) is 107 cm³/mol. The summed E-state index contributed by atoms with van der Waals surface area (Å²) in [7, 11) is 1.54. The second-order valence-electron chi connectivity index (χ2n) is 5.90. The number of carbonyl (C=O) groups is 1. The summed E-state index contributed by atoms with van der Waals surface area (Å²) in [6, 6.07) is 11.3. The highest BCUT2D eigenvalue weighted by Gasteiger charge is 2.15. The number of aryl methyl sites for hydroxylation is 1. The number of nitrogens with one attached hydrogen (secondary N) is 2. The van der Waals surface area contributed by atoms with Crippen molar-refractivity contribution in [1.29, 1.82) is 0 Å². The van der Waals surface area contributed by atoms with Crippen LogP contribution in [0.4, 0.5) is 5.69 Å². The van der Waals surface area contributed by atoms with Crippen molar-refractivity contribution in [1.82, 2.24) is 19.6 Å². The van der Waals surface area contributed by atoms with E-state index >= 15 is 0 Å². The smallest absolute Gasteiger partial charge is 0.234 e. The minimum Gasteiger partial charge on any atom is -0.495 e. The number of halogens is 1. The molecule has 138 valence electrons. The number of benzene rings is 2. The normalized spacial score (nSPS) is 11.2. The van der Waals surface area contributed by atoms with Crippen LogP contribution in [0.25, 0.3) is 16.8 Å². The van der Waals surface area contributed by atoms with Gasteiger partial charge in [-0.3, -0.25) is 9.20 Å². The van der Waals surface area contributed by atoms with Gasteiger partial charge in [-0.2, -0.15) is 0 Å². The minimum atomic E-state index is -0.166. The number of imidazole rings is 1. The zero-order valence-corrected chi connectivity index (χ0v) is 16.2. The Morgan fingerprint density at radius 3 is 3.00 bits per heavy atom. The first kappa shape index (κ1) is 17.7. The molecule has 0 aliphatic heterocycles. The first-order valence-electron chi connectivity index (χ1n) is 8.15. The molecule has 0 spiro atoms. The average molecular weight is 402 g/mol. The van der Waals surface area contributed by atoms with E-state index in [0.29, 0.717) is 27.4 Å².